The average Bonchev–Trinajstić information content (AvgIpc) is 2.78. The lowest BCUT2D eigenvalue weighted by Gasteiger charge is -2.39. The van der Waals surface area contributed by atoms with Crippen molar-refractivity contribution in [2.45, 2.75) is 65.0 Å². The molecule has 0 radical (unpaired) electrons. The molecule has 1 aromatic heterocycles. The Labute approximate surface area is 104 Å². The quantitative estimate of drug-likeness (QED) is 0.870. The van der Waals surface area contributed by atoms with Crippen LogP contribution in [0.2, 0.25) is 0 Å². The van der Waals surface area contributed by atoms with Crippen molar-refractivity contribution in [2.75, 3.05) is 0 Å². The maximum absolute atomic E-state index is 6.52. The summed E-state index contributed by atoms with van der Waals surface area (Å²) in [5.41, 5.74) is 8.01. The minimum absolute atomic E-state index is 0.136. The van der Waals surface area contributed by atoms with E-state index in [-0.39, 0.29) is 11.5 Å². The zero-order valence-electron chi connectivity index (χ0n) is 11.2. The monoisotopic (exact) mass is 235 g/mol. The van der Waals surface area contributed by atoms with Gasteiger partial charge < -0.3 is 5.73 Å². The van der Waals surface area contributed by atoms with Gasteiger partial charge in [-0.05, 0) is 30.7 Å². The molecule has 3 nitrogen and oxygen atoms in total. The van der Waals surface area contributed by atoms with Gasteiger partial charge in [-0.25, -0.2) is 0 Å². The van der Waals surface area contributed by atoms with Gasteiger partial charge in [-0.15, -0.1) is 0 Å². The van der Waals surface area contributed by atoms with Gasteiger partial charge >= 0.3 is 0 Å². The SMILES string of the molecule is CCCn1nccc1C(N)C1(C)CCCCC1. The Hall–Kier alpha value is -0.830. The molecule has 2 N–H and O–H groups in total. The maximum Gasteiger partial charge on any atom is 0.0556 e. The number of nitrogens with two attached hydrogens (primary N) is 1. The predicted molar refractivity (Wildman–Crippen MR) is 70.6 cm³/mol. The molecule has 1 atom stereocenters. The average molecular weight is 235 g/mol. The Morgan fingerprint density at radius 2 is 2.12 bits per heavy atom. The number of rotatable bonds is 4. The van der Waals surface area contributed by atoms with Crippen molar-refractivity contribution in [2.24, 2.45) is 11.1 Å². The van der Waals surface area contributed by atoms with E-state index in [0.29, 0.717) is 0 Å². The zero-order chi connectivity index (χ0) is 12.3. The summed E-state index contributed by atoms with van der Waals surface area (Å²) in [6.07, 6.45) is 9.53. The smallest absolute Gasteiger partial charge is 0.0556 e. The van der Waals surface area contributed by atoms with Crippen LogP contribution >= 0.6 is 0 Å². The molecule has 1 saturated carbocycles. The summed E-state index contributed by atoms with van der Waals surface area (Å²) < 4.78 is 2.09. The van der Waals surface area contributed by atoms with Crippen molar-refractivity contribution >= 4 is 0 Å². The molecule has 0 aromatic carbocycles. The molecule has 1 aliphatic rings. The highest BCUT2D eigenvalue weighted by Crippen LogP contribution is 2.44. The largest absolute Gasteiger partial charge is 0.322 e. The number of hydrogen-bond donors (Lipinski definition) is 1. The van der Waals surface area contributed by atoms with Crippen molar-refractivity contribution in [1.82, 2.24) is 9.78 Å². The van der Waals surface area contributed by atoms with E-state index in [0.717, 1.165) is 13.0 Å². The summed E-state index contributed by atoms with van der Waals surface area (Å²) >= 11 is 0. The third-order valence-corrected chi connectivity index (χ3v) is 4.25. The van der Waals surface area contributed by atoms with Crippen LogP contribution < -0.4 is 5.73 Å². The summed E-state index contributed by atoms with van der Waals surface area (Å²) in [6.45, 7) is 5.51. The second kappa shape index (κ2) is 5.21. The summed E-state index contributed by atoms with van der Waals surface area (Å²) in [5, 5.41) is 4.39. The van der Waals surface area contributed by atoms with Crippen molar-refractivity contribution in [3.05, 3.63) is 18.0 Å². The van der Waals surface area contributed by atoms with Crippen LogP contribution in [0.1, 0.15) is 64.1 Å². The highest BCUT2D eigenvalue weighted by molar-refractivity contribution is 5.11. The van der Waals surface area contributed by atoms with Gasteiger partial charge in [0.25, 0.3) is 0 Å². The van der Waals surface area contributed by atoms with Crippen LogP contribution in [-0.2, 0) is 6.54 Å². The molecule has 1 aliphatic carbocycles. The first-order valence-corrected chi connectivity index (χ1v) is 6.94. The van der Waals surface area contributed by atoms with Crippen molar-refractivity contribution in [1.29, 1.82) is 0 Å². The van der Waals surface area contributed by atoms with Crippen LogP contribution in [0.3, 0.4) is 0 Å². The molecule has 3 heteroatoms. The second-order valence-corrected chi connectivity index (χ2v) is 5.67. The zero-order valence-corrected chi connectivity index (χ0v) is 11.2. The van der Waals surface area contributed by atoms with E-state index >= 15 is 0 Å². The number of hydrogen-bond acceptors (Lipinski definition) is 2. The lowest BCUT2D eigenvalue weighted by molar-refractivity contribution is 0.164. The van der Waals surface area contributed by atoms with Gasteiger partial charge in [0.1, 0.15) is 0 Å². The number of aromatic nitrogens is 2. The van der Waals surface area contributed by atoms with Crippen LogP contribution in [0.25, 0.3) is 0 Å². The highest BCUT2D eigenvalue weighted by Gasteiger charge is 2.35. The van der Waals surface area contributed by atoms with Crippen LogP contribution in [-0.4, -0.2) is 9.78 Å². The second-order valence-electron chi connectivity index (χ2n) is 5.67. The minimum Gasteiger partial charge on any atom is -0.322 e. The fourth-order valence-corrected chi connectivity index (χ4v) is 3.03. The molecule has 2 rings (SSSR count). The van der Waals surface area contributed by atoms with Crippen molar-refractivity contribution < 1.29 is 0 Å². The molecule has 0 spiro atoms. The first kappa shape index (κ1) is 12.6. The Kier molecular flexibility index (Phi) is 3.87. The van der Waals surface area contributed by atoms with Crippen LogP contribution in [0.5, 0.6) is 0 Å². The molecule has 0 amide bonds. The summed E-state index contributed by atoms with van der Waals surface area (Å²) in [6, 6.07) is 2.23. The first-order valence-electron chi connectivity index (χ1n) is 6.94. The van der Waals surface area contributed by atoms with Crippen molar-refractivity contribution in [3.8, 4) is 0 Å². The van der Waals surface area contributed by atoms with Gasteiger partial charge in [0.2, 0.25) is 0 Å². The lowest BCUT2D eigenvalue weighted by Crippen LogP contribution is -2.35. The van der Waals surface area contributed by atoms with Crippen LogP contribution in [0, 0.1) is 5.41 Å². The molecule has 0 aliphatic heterocycles. The Balaban J connectivity index is 2.17. The Morgan fingerprint density at radius 1 is 1.41 bits per heavy atom. The molecule has 96 valence electrons. The van der Waals surface area contributed by atoms with Gasteiger partial charge in [-0.1, -0.05) is 33.1 Å². The van der Waals surface area contributed by atoms with Crippen LogP contribution in [0.15, 0.2) is 12.3 Å². The van der Waals surface area contributed by atoms with Gasteiger partial charge in [0.15, 0.2) is 0 Å². The number of aryl methyl sites for hydroxylation is 1. The van der Waals surface area contributed by atoms with Gasteiger partial charge in [0, 0.05) is 12.7 Å². The van der Waals surface area contributed by atoms with E-state index in [1.807, 2.05) is 6.20 Å². The third-order valence-electron chi connectivity index (χ3n) is 4.25. The number of nitrogens with zero attached hydrogens (tertiary/aromatic N) is 2. The topological polar surface area (TPSA) is 43.8 Å². The van der Waals surface area contributed by atoms with E-state index < -0.39 is 0 Å². The standard InChI is InChI=1S/C14H25N3/c1-3-11-17-12(7-10-16-17)13(15)14(2)8-5-4-6-9-14/h7,10,13H,3-6,8-9,11,15H2,1-2H3. The summed E-state index contributed by atoms with van der Waals surface area (Å²) in [4.78, 5) is 0. The Bertz CT molecular complexity index is 350. The summed E-state index contributed by atoms with van der Waals surface area (Å²) in [5.74, 6) is 0. The first-order chi connectivity index (χ1) is 8.17. The lowest BCUT2D eigenvalue weighted by atomic mass is 9.70. The molecule has 0 bridgehead atoms. The maximum atomic E-state index is 6.52. The van der Waals surface area contributed by atoms with E-state index in [1.54, 1.807) is 0 Å². The molecule has 1 aromatic rings. The van der Waals surface area contributed by atoms with E-state index in [4.69, 9.17) is 5.73 Å². The van der Waals surface area contributed by atoms with Gasteiger partial charge in [0.05, 0.1) is 11.7 Å². The molecule has 1 unspecified atom stereocenters. The van der Waals surface area contributed by atoms with Gasteiger partial charge in [-0.2, -0.15) is 5.10 Å². The molecular weight excluding hydrogens is 210 g/mol. The Morgan fingerprint density at radius 3 is 2.76 bits per heavy atom. The molecular formula is C14H25N3. The predicted octanol–water partition coefficient (Wildman–Crippen LogP) is 3.26. The third kappa shape index (κ3) is 2.54. The molecule has 0 saturated heterocycles. The van der Waals surface area contributed by atoms with E-state index in [2.05, 4.69) is 29.7 Å². The van der Waals surface area contributed by atoms with Crippen molar-refractivity contribution in [3.63, 3.8) is 0 Å². The highest BCUT2D eigenvalue weighted by atomic mass is 15.3. The summed E-state index contributed by atoms with van der Waals surface area (Å²) in [7, 11) is 0. The van der Waals surface area contributed by atoms with Crippen LogP contribution in [0.4, 0.5) is 0 Å². The van der Waals surface area contributed by atoms with Gasteiger partial charge in [-0.3, -0.25) is 4.68 Å². The fraction of sp³-hybridized carbons (Fsp3) is 0.786. The molecule has 17 heavy (non-hydrogen) atoms. The minimum atomic E-state index is 0.136. The molecule has 1 heterocycles. The fourth-order valence-electron chi connectivity index (χ4n) is 3.03. The molecule has 1 fully saturated rings. The normalized spacial score (nSPS) is 21.4. The van der Waals surface area contributed by atoms with E-state index in [9.17, 15) is 0 Å². The van der Waals surface area contributed by atoms with E-state index in [1.165, 1.54) is 37.8 Å².